The van der Waals surface area contributed by atoms with Crippen LogP contribution in [0, 0.1) is 13.8 Å². The van der Waals surface area contributed by atoms with E-state index in [9.17, 15) is 9.59 Å². The van der Waals surface area contributed by atoms with E-state index in [-0.39, 0.29) is 12.3 Å². The molecule has 0 aliphatic rings. The number of aromatic nitrogens is 2. The van der Waals surface area contributed by atoms with Crippen LogP contribution in [-0.2, 0) is 27.3 Å². The Morgan fingerprint density at radius 2 is 1.74 bits per heavy atom. The summed E-state index contributed by atoms with van der Waals surface area (Å²) >= 11 is 0. The fourth-order valence-corrected chi connectivity index (χ4v) is 3.26. The average Bonchev–Trinajstić information content (AvgIpc) is 3.06. The number of nitrogens with one attached hydrogen (secondary N) is 1. The predicted octanol–water partition coefficient (Wildman–Crippen LogP) is 3.29. The first-order valence-electron chi connectivity index (χ1n) is 10.1. The maximum atomic E-state index is 12.5. The zero-order valence-electron chi connectivity index (χ0n) is 18.2. The van der Waals surface area contributed by atoms with Crippen molar-refractivity contribution in [3.05, 3.63) is 77.1 Å². The van der Waals surface area contributed by atoms with Crippen LogP contribution in [-0.4, -0.2) is 34.9 Å². The SMILES string of the molecule is COc1ccc(CNC(=O)[C@H](C)OC(=O)Cc2c(C)nn(-c3ccccc3)c2C)cc1. The number of amides is 1. The van der Waals surface area contributed by atoms with Crippen LogP contribution < -0.4 is 10.1 Å². The number of carbonyl (C=O) groups excluding carboxylic acids is 2. The molecule has 0 unspecified atom stereocenters. The maximum absolute atomic E-state index is 12.5. The number of rotatable bonds is 8. The van der Waals surface area contributed by atoms with Gasteiger partial charge >= 0.3 is 5.97 Å². The van der Waals surface area contributed by atoms with E-state index in [1.54, 1.807) is 14.0 Å². The highest BCUT2D eigenvalue weighted by Gasteiger charge is 2.21. The van der Waals surface area contributed by atoms with Crippen molar-refractivity contribution in [3.8, 4) is 11.4 Å². The molecule has 7 nitrogen and oxygen atoms in total. The van der Waals surface area contributed by atoms with E-state index < -0.39 is 12.1 Å². The van der Waals surface area contributed by atoms with Gasteiger partial charge in [-0.15, -0.1) is 0 Å². The predicted molar refractivity (Wildman–Crippen MR) is 117 cm³/mol. The van der Waals surface area contributed by atoms with Gasteiger partial charge in [0.1, 0.15) is 5.75 Å². The van der Waals surface area contributed by atoms with E-state index in [1.165, 1.54) is 0 Å². The molecule has 0 aliphatic heterocycles. The van der Waals surface area contributed by atoms with Crippen LogP contribution >= 0.6 is 0 Å². The second-order valence-corrected chi connectivity index (χ2v) is 7.27. The van der Waals surface area contributed by atoms with Crippen molar-refractivity contribution in [2.45, 2.75) is 39.8 Å². The van der Waals surface area contributed by atoms with Gasteiger partial charge in [-0.3, -0.25) is 9.59 Å². The highest BCUT2D eigenvalue weighted by Crippen LogP contribution is 2.19. The Labute approximate surface area is 182 Å². The van der Waals surface area contributed by atoms with Gasteiger partial charge in [0, 0.05) is 17.8 Å². The van der Waals surface area contributed by atoms with E-state index in [4.69, 9.17) is 9.47 Å². The summed E-state index contributed by atoms with van der Waals surface area (Å²) in [6.07, 6.45) is -0.837. The van der Waals surface area contributed by atoms with Gasteiger partial charge in [-0.2, -0.15) is 5.10 Å². The number of methoxy groups -OCH3 is 1. The summed E-state index contributed by atoms with van der Waals surface area (Å²) in [4.78, 5) is 24.8. The molecule has 1 atom stereocenters. The number of benzene rings is 2. The molecule has 1 N–H and O–H groups in total. The van der Waals surface area contributed by atoms with Crippen LogP contribution in [0.2, 0.25) is 0 Å². The molecule has 2 aromatic carbocycles. The fourth-order valence-electron chi connectivity index (χ4n) is 3.26. The van der Waals surface area contributed by atoms with Crippen LogP contribution in [0.5, 0.6) is 5.75 Å². The van der Waals surface area contributed by atoms with E-state index >= 15 is 0 Å². The molecule has 3 rings (SSSR count). The molecule has 0 saturated heterocycles. The van der Waals surface area contributed by atoms with Crippen LogP contribution in [0.25, 0.3) is 5.69 Å². The second kappa shape index (κ2) is 9.93. The summed E-state index contributed by atoms with van der Waals surface area (Å²) in [5, 5.41) is 7.32. The van der Waals surface area contributed by atoms with Gasteiger partial charge in [0.15, 0.2) is 6.10 Å². The zero-order valence-corrected chi connectivity index (χ0v) is 18.2. The number of hydrogen-bond donors (Lipinski definition) is 1. The first-order valence-corrected chi connectivity index (χ1v) is 10.1. The number of para-hydroxylation sites is 1. The molecule has 0 radical (unpaired) electrons. The number of hydrogen-bond acceptors (Lipinski definition) is 5. The smallest absolute Gasteiger partial charge is 0.311 e. The average molecular weight is 421 g/mol. The first-order chi connectivity index (χ1) is 14.9. The lowest BCUT2D eigenvalue weighted by atomic mass is 10.1. The van der Waals surface area contributed by atoms with Gasteiger partial charge in [0.25, 0.3) is 5.91 Å². The normalized spacial score (nSPS) is 11.6. The van der Waals surface area contributed by atoms with Crippen molar-refractivity contribution in [3.63, 3.8) is 0 Å². The summed E-state index contributed by atoms with van der Waals surface area (Å²) in [6, 6.07) is 17.1. The minimum absolute atomic E-state index is 0.0562. The maximum Gasteiger partial charge on any atom is 0.311 e. The Morgan fingerprint density at radius 1 is 1.06 bits per heavy atom. The largest absolute Gasteiger partial charge is 0.497 e. The van der Waals surface area contributed by atoms with Gasteiger partial charge in [-0.25, -0.2) is 4.68 Å². The Hall–Kier alpha value is -3.61. The topological polar surface area (TPSA) is 82.4 Å². The summed E-state index contributed by atoms with van der Waals surface area (Å²) in [7, 11) is 1.60. The Morgan fingerprint density at radius 3 is 2.39 bits per heavy atom. The molecule has 0 aliphatic carbocycles. The summed E-state index contributed by atoms with van der Waals surface area (Å²) in [6.45, 7) is 5.68. The van der Waals surface area contributed by atoms with Crippen molar-refractivity contribution in [1.82, 2.24) is 15.1 Å². The van der Waals surface area contributed by atoms with Crippen molar-refractivity contribution in [2.24, 2.45) is 0 Å². The number of aryl methyl sites for hydroxylation is 1. The van der Waals surface area contributed by atoms with Gasteiger partial charge in [-0.05, 0) is 50.6 Å². The highest BCUT2D eigenvalue weighted by molar-refractivity contribution is 5.84. The molecule has 3 aromatic rings. The minimum Gasteiger partial charge on any atom is -0.497 e. The lowest BCUT2D eigenvalue weighted by molar-refractivity contribution is -0.154. The summed E-state index contributed by atoms with van der Waals surface area (Å²) in [5.41, 5.74) is 4.29. The van der Waals surface area contributed by atoms with Crippen molar-refractivity contribution in [1.29, 1.82) is 0 Å². The zero-order chi connectivity index (χ0) is 22.4. The van der Waals surface area contributed by atoms with Crippen molar-refractivity contribution < 1.29 is 19.1 Å². The molecule has 31 heavy (non-hydrogen) atoms. The molecule has 0 bridgehead atoms. The molecule has 1 heterocycles. The van der Waals surface area contributed by atoms with Crippen molar-refractivity contribution in [2.75, 3.05) is 7.11 Å². The van der Waals surface area contributed by atoms with Crippen molar-refractivity contribution >= 4 is 11.9 Å². The molecule has 1 aromatic heterocycles. The van der Waals surface area contributed by atoms with Gasteiger partial charge in [0.05, 0.1) is 24.9 Å². The standard InChI is InChI=1S/C24H27N3O4/c1-16-22(17(2)27(26-16)20-8-6-5-7-9-20)14-23(28)31-18(3)24(29)25-15-19-10-12-21(30-4)13-11-19/h5-13,18H,14-15H2,1-4H3,(H,25,29)/t18-/m0/s1. The molecule has 7 heteroatoms. The lowest BCUT2D eigenvalue weighted by Gasteiger charge is -2.14. The number of ether oxygens (including phenoxy) is 2. The first kappa shape index (κ1) is 22.1. The van der Waals surface area contributed by atoms with Crippen LogP contribution in [0.15, 0.2) is 54.6 Å². The Bertz CT molecular complexity index is 1040. The van der Waals surface area contributed by atoms with Gasteiger partial charge in [-0.1, -0.05) is 30.3 Å². The Kier molecular flexibility index (Phi) is 7.07. The lowest BCUT2D eigenvalue weighted by Crippen LogP contribution is -2.35. The molecular formula is C24H27N3O4. The Balaban J connectivity index is 1.56. The molecule has 0 saturated carbocycles. The molecule has 162 valence electrons. The van der Waals surface area contributed by atoms with E-state index in [0.29, 0.717) is 6.54 Å². The molecule has 0 spiro atoms. The van der Waals surface area contributed by atoms with E-state index in [2.05, 4.69) is 10.4 Å². The van der Waals surface area contributed by atoms with Crippen LogP contribution in [0.3, 0.4) is 0 Å². The number of esters is 1. The monoisotopic (exact) mass is 421 g/mol. The van der Waals surface area contributed by atoms with Crippen LogP contribution in [0.4, 0.5) is 0 Å². The van der Waals surface area contributed by atoms with Gasteiger partial charge < -0.3 is 14.8 Å². The number of nitrogens with zero attached hydrogens (tertiary/aromatic N) is 2. The summed E-state index contributed by atoms with van der Waals surface area (Å²) in [5.74, 6) is -0.0675. The molecule has 1 amide bonds. The summed E-state index contributed by atoms with van der Waals surface area (Å²) < 4.78 is 12.3. The second-order valence-electron chi connectivity index (χ2n) is 7.27. The molecule has 0 fully saturated rings. The van der Waals surface area contributed by atoms with Gasteiger partial charge in [0.2, 0.25) is 0 Å². The van der Waals surface area contributed by atoms with E-state index in [1.807, 2.05) is 73.1 Å². The highest BCUT2D eigenvalue weighted by atomic mass is 16.5. The van der Waals surface area contributed by atoms with E-state index in [0.717, 1.165) is 34.0 Å². The third-order valence-electron chi connectivity index (χ3n) is 5.07. The molecular weight excluding hydrogens is 394 g/mol. The number of carbonyl (C=O) groups is 2. The third kappa shape index (κ3) is 5.51. The quantitative estimate of drug-likeness (QED) is 0.565. The fraction of sp³-hybridized carbons (Fsp3) is 0.292. The minimum atomic E-state index is -0.893. The van der Waals surface area contributed by atoms with Crippen LogP contribution in [0.1, 0.15) is 29.4 Å². The third-order valence-corrected chi connectivity index (χ3v) is 5.07.